The Kier molecular flexibility index (Phi) is 3.97. The van der Waals surface area contributed by atoms with Crippen molar-refractivity contribution >= 4 is 0 Å². The van der Waals surface area contributed by atoms with Gasteiger partial charge in [-0.2, -0.15) is 0 Å². The average molecular weight is 218 g/mol. The Morgan fingerprint density at radius 1 is 1.31 bits per heavy atom. The second-order valence-corrected chi connectivity index (χ2v) is 4.92. The molecule has 0 spiro atoms. The van der Waals surface area contributed by atoms with Crippen LogP contribution in [0.25, 0.3) is 0 Å². The average Bonchev–Trinajstić information content (AvgIpc) is 2.28. The fourth-order valence-corrected chi connectivity index (χ4v) is 2.48. The lowest BCUT2D eigenvalue weighted by molar-refractivity contribution is 0.326. The van der Waals surface area contributed by atoms with Gasteiger partial charge in [-0.3, -0.25) is 0 Å². The van der Waals surface area contributed by atoms with E-state index in [4.69, 9.17) is 5.73 Å². The highest BCUT2D eigenvalue weighted by Crippen LogP contribution is 2.17. The maximum absolute atomic E-state index is 6.11. The van der Waals surface area contributed by atoms with Gasteiger partial charge < -0.3 is 11.1 Å². The number of aryl methyl sites for hydroxylation is 1. The molecular formula is C14H22N2. The van der Waals surface area contributed by atoms with Crippen molar-refractivity contribution in [3.63, 3.8) is 0 Å². The van der Waals surface area contributed by atoms with Crippen molar-refractivity contribution in [3.8, 4) is 0 Å². The van der Waals surface area contributed by atoms with Gasteiger partial charge in [-0.05, 0) is 25.3 Å². The van der Waals surface area contributed by atoms with Crippen molar-refractivity contribution in [3.05, 3.63) is 35.4 Å². The summed E-state index contributed by atoms with van der Waals surface area (Å²) in [6, 6.07) is 9.52. The predicted octanol–water partition coefficient (Wildman–Crippen LogP) is 2.35. The smallest absolute Gasteiger partial charge is 0.0222 e. The maximum atomic E-state index is 6.11. The molecule has 1 aromatic rings. The zero-order valence-corrected chi connectivity index (χ0v) is 10.1. The molecule has 88 valence electrons. The van der Waals surface area contributed by atoms with Gasteiger partial charge in [0.2, 0.25) is 0 Å². The molecule has 3 N–H and O–H groups in total. The van der Waals surface area contributed by atoms with Crippen molar-refractivity contribution in [1.29, 1.82) is 0 Å². The summed E-state index contributed by atoms with van der Waals surface area (Å²) in [6.07, 6.45) is 5.02. The minimum Gasteiger partial charge on any atom is -0.326 e. The van der Waals surface area contributed by atoms with E-state index in [0.717, 1.165) is 6.54 Å². The third-order valence-electron chi connectivity index (χ3n) is 3.47. The minimum absolute atomic E-state index is 0.346. The molecule has 2 unspecified atom stereocenters. The van der Waals surface area contributed by atoms with Gasteiger partial charge in [0.05, 0.1) is 0 Å². The second-order valence-electron chi connectivity index (χ2n) is 4.92. The molecule has 2 nitrogen and oxygen atoms in total. The van der Waals surface area contributed by atoms with E-state index in [-0.39, 0.29) is 0 Å². The van der Waals surface area contributed by atoms with E-state index in [9.17, 15) is 0 Å². The third-order valence-corrected chi connectivity index (χ3v) is 3.47. The molecule has 0 aliphatic heterocycles. The van der Waals surface area contributed by atoms with Gasteiger partial charge in [0, 0.05) is 18.6 Å². The fraction of sp³-hybridized carbons (Fsp3) is 0.571. The first kappa shape index (κ1) is 11.6. The van der Waals surface area contributed by atoms with Crippen LogP contribution in [0.1, 0.15) is 36.8 Å². The van der Waals surface area contributed by atoms with Crippen molar-refractivity contribution in [2.75, 3.05) is 0 Å². The topological polar surface area (TPSA) is 38.0 Å². The molecule has 0 bridgehead atoms. The summed E-state index contributed by atoms with van der Waals surface area (Å²) in [5.74, 6) is 0. The predicted molar refractivity (Wildman–Crippen MR) is 68.3 cm³/mol. The summed E-state index contributed by atoms with van der Waals surface area (Å²) in [6.45, 7) is 3.08. The molecule has 0 amide bonds. The van der Waals surface area contributed by atoms with Crippen LogP contribution in [0.15, 0.2) is 24.3 Å². The number of benzene rings is 1. The molecule has 1 aliphatic carbocycles. The van der Waals surface area contributed by atoms with Gasteiger partial charge in [-0.25, -0.2) is 0 Å². The van der Waals surface area contributed by atoms with Gasteiger partial charge in [0.15, 0.2) is 0 Å². The molecule has 2 rings (SSSR count). The van der Waals surface area contributed by atoms with Gasteiger partial charge in [-0.1, -0.05) is 42.7 Å². The van der Waals surface area contributed by atoms with Gasteiger partial charge in [0.1, 0.15) is 0 Å². The summed E-state index contributed by atoms with van der Waals surface area (Å²) in [5.41, 5.74) is 8.80. The molecule has 16 heavy (non-hydrogen) atoms. The summed E-state index contributed by atoms with van der Waals surface area (Å²) < 4.78 is 0. The van der Waals surface area contributed by atoms with E-state index in [0.29, 0.717) is 12.1 Å². The number of rotatable bonds is 3. The first-order valence-corrected chi connectivity index (χ1v) is 6.30. The van der Waals surface area contributed by atoms with Crippen molar-refractivity contribution in [2.45, 2.75) is 51.2 Å². The van der Waals surface area contributed by atoms with Crippen LogP contribution in [0.3, 0.4) is 0 Å². The van der Waals surface area contributed by atoms with E-state index in [2.05, 4.69) is 36.5 Å². The molecular weight excluding hydrogens is 196 g/mol. The SMILES string of the molecule is Cc1cccc(CNC2CCCCC2N)c1. The highest BCUT2D eigenvalue weighted by Gasteiger charge is 2.20. The largest absolute Gasteiger partial charge is 0.326 e. The van der Waals surface area contributed by atoms with Crippen LogP contribution in [0.4, 0.5) is 0 Å². The molecule has 1 aromatic carbocycles. The first-order valence-electron chi connectivity index (χ1n) is 6.30. The molecule has 0 saturated heterocycles. The Hall–Kier alpha value is -0.860. The van der Waals surface area contributed by atoms with E-state index >= 15 is 0 Å². The fourth-order valence-electron chi connectivity index (χ4n) is 2.48. The molecule has 1 saturated carbocycles. The van der Waals surface area contributed by atoms with Crippen LogP contribution < -0.4 is 11.1 Å². The molecule has 2 atom stereocenters. The molecule has 0 aromatic heterocycles. The zero-order chi connectivity index (χ0) is 11.4. The van der Waals surface area contributed by atoms with E-state index < -0.39 is 0 Å². The summed E-state index contributed by atoms with van der Waals surface area (Å²) in [5, 5.41) is 3.59. The highest BCUT2D eigenvalue weighted by molar-refractivity contribution is 5.22. The van der Waals surface area contributed by atoms with Crippen LogP contribution in [-0.2, 0) is 6.54 Å². The molecule has 0 radical (unpaired) electrons. The van der Waals surface area contributed by atoms with E-state index in [1.807, 2.05) is 0 Å². The first-order chi connectivity index (χ1) is 7.75. The molecule has 1 aliphatic rings. The molecule has 2 heteroatoms. The summed E-state index contributed by atoms with van der Waals surface area (Å²) in [7, 11) is 0. The van der Waals surface area contributed by atoms with Crippen molar-refractivity contribution in [2.24, 2.45) is 5.73 Å². The molecule has 0 heterocycles. The van der Waals surface area contributed by atoms with Gasteiger partial charge in [-0.15, -0.1) is 0 Å². The lowest BCUT2D eigenvalue weighted by atomic mass is 9.91. The van der Waals surface area contributed by atoms with Crippen LogP contribution in [0.2, 0.25) is 0 Å². The summed E-state index contributed by atoms with van der Waals surface area (Å²) >= 11 is 0. The second kappa shape index (κ2) is 5.46. The number of hydrogen-bond acceptors (Lipinski definition) is 2. The standard InChI is InChI=1S/C14H22N2/c1-11-5-4-6-12(9-11)10-16-14-8-3-2-7-13(14)15/h4-6,9,13-14,16H,2-3,7-8,10,15H2,1H3. The van der Waals surface area contributed by atoms with Gasteiger partial charge in [0.25, 0.3) is 0 Å². The van der Waals surface area contributed by atoms with Crippen molar-refractivity contribution in [1.82, 2.24) is 5.32 Å². The van der Waals surface area contributed by atoms with Crippen LogP contribution in [0, 0.1) is 6.92 Å². The van der Waals surface area contributed by atoms with Crippen LogP contribution in [0.5, 0.6) is 0 Å². The Morgan fingerprint density at radius 2 is 2.12 bits per heavy atom. The lowest BCUT2D eigenvalue weighted by Crippen LogP contribution is -2.46. The molecule has 1 fully saturated rings. The highest BCUT2D eigenvalue weighted by atomic mass is 15.0. The Bertz CT molecular complexity index is 335. The Balaban J connectivity index is 1.86. The normalized spacial score (nSPS) is 25.6. The Morgan fingerprint density at radius 3 is 2.88 bits per heavy atom. The quantitative estimate of drug-likeness (QED) is 0.817. The zero-order valence-electron chi connectivity index (χ0n) is 10.1. The Labute approximate surface area is 98.2 Å². The van der Waals surface area contributed by atoms with Gasteiger partial charge >= 0.3 is 0 Å². The van der Waals surface area contributed by atoms with E-state index in [1.54, 1.807) is 0 Å². The number of nitrogens with one attached hydrogen (secondary N) is 1. The third kappa shape index (κ3) is 3.06. The van der Waals surface area contributed by atoms with Crippen molar-refractivity contribution < 1.29 is 0 Å². The monoisotopic (exact) mass is 218 g/mol. The summed E-state index contributed by atoms with van der Waals surface area (Å²) in [4.78, 5) is 0. The lowest BCUT2D eigenvalue weighted by Gasteiger charge is -2.29. The maximum Gasteiger partial charge on any atom is 0.0222 e. The van der Waals surface area contributed by atoms with Crippen LogP contribution >= 0.6 is 0 Å². The van der Waals surface area contributed by atoms with Crippen LogP contribution in [-0.4, -0.2) is 12.1 Å². The number of nitrogens with two attached hydrogens (primary N) is 1. The minimum atomic E-state index is 0.346. The van der Waals surface area contributed by atoms with E-state index in [1.165, 1.54) is 36.8 Å². The number of hydrogen-bond donors (Lipinski definition) is 2.